The summed E-state index contributed by atoms with van der Waals surface area (Å²) in [4.78, 5) is 0. The van der Waals surface area contributed by atoms with Crippen molar-refractivity contribution in [2.24, 2.45) is 5.73 Å². The van der Waals surface area contributed by atoms with E-state index >= 15 is 0 Å². The molecule has 1 rings (SSSR count). The molecule has 0 aliphatic heterocycles. The quantitative estimate of drug-likeness (QED) is 0.833. The minimum Gasteiger partial charge on any atom is -0.496 e. The van der Waals surface area contributed by atoms with Crippen LogP contribution in [-0.2, 0) is 0 Å². The van der Waals surface area contributed by atoms with Crippen LogP contribution in [0.15, 0.2) is 12.1 Å². The summed E-state index contributed by atoms with van der Waals surface area (Å²) >= 11 is 0. The largest absolute Gasteiger partial charge is 0.496 e. The molecule has 1 unspecified atom stereocenters. The molecule has 0 aliphatic rings. The molecule has 1 aromatic carbocycles. The molecule has 5 nitrogen and oxygen atoms in total. The van der Waals surface area contributed by atoms with Crippen LogP contribution in [0.3, 0.4) is 0 Å². The van der Waals surface area contributed by atoms with Gasteiger partial charge in [0.15, 0.2) is 0 Å². The highest BCUT2D eigenvalue weighted by atomic mass is 16.5. The van der Waals surface area contributed by atoms with Gasteiger partial charge in [-0.2, -0.15) is 0 Å². The molecule has 0 heterocycles. The normalized spacial score (nSPS) is 13.1. The first-order valence-corrected chi connectivity index (χ1v) is 5.62. The minimum atomic E-state index is -0.909. The van der Waals surface area contributed by atoms with Gasteiger partial charge in [-0.25, -0.2) is 0 Å². The summed E-state index contributed by atoms with van der Waals surface area (Å²) in [5, 5.41) is 10.3. The lowest BCUT2D eigenvalue weighted by atomic mass is 9.91. The zero-order chi connectivity index (χ0) is 13.9. The predicted octanol–water partition coefficient (Wildman–Crippen LogP) is 1.48. The Bertz CT molecular complexity index is 387. The van der Waals surface area contributed by atoms with Crippen molar-refractivity contribution in [3.8, 4) is 17.2 Å². The fourth-order valence-electron chi connectivity index (χ4n) is 1.67. The fraction of sp³-hybridized carbons (Fsp3) is 0.538. The van der Waals surface area contributed by atoms with Gasteiger partial charge >= 0.3 is 0 Å². The smallest absolute Gasteiger partial charge is 0.132 e. The van der Waals surface area contributed by atoms with Gasteiger partial charge in [-0.15, -0.1) is 0 Å². The highest BCUT2D eigenvalue weighted by Gasteiger charge is 2.30. The lowest BCUT2D eigenvalue weighted by Gasteiger charge is -2.28. The molecule has 0 aromatic heterocycles. The topological polar surface area (TPSA) is 73.9 Å². The summed E-state index contributed by atoms with van der Waals surface area (Å²) in [6.07, 6.45) is -0.909. The molecule has 0 bridgehead atoms. The van der Waals surface area contributed by atoms with Crippen LogP contribution in [0.2, 0.25) is 0 Å². The molecular weight excluding hydrogens is 234 g/mol. The molecule has 0 saturated heterocycles. The second-order valence-electron chi connectivity index (χ2n) is 4.67. The fourth-order valence-corrected chi connectivity index (χ4v) is 1.67. The van der Waals surface area contributed by atoms with Crippen molar-refractivity contribution in [2.75, 3.05) is 21.3 Å². The van der Waals surface area contributed by atoms with Crippen molar-refractivity contribution in [3.63, 3.8) is 0 Å². The number of ether oxygens (including phenoxy) is 3. The van der Waals surface area contributed by atoms with E-state index in [0.29, 0.717) is 22.8 Å². The van der Waals surface area contributed by atoms with Crippen LogP contribution in [0.4, 0.5) is 0 Å². The Hall–Kier alpha value is -1.46. The Balaban J connectivity index is 3.40. The molecule has 1 aromatic rings. The second-order valence-corrected chi connectivity index (χ2v) is 4.67. The van der Waals surface area contributed by atoms with Crippen LogP contribution in [0, 0.1) is 0 Å². The van der Waals surface area contributed by atoms with Crippen molar-refractivity contribution < 1.29 is 19.3 Å². The van der Waals surface area contributed by atoms with Gasteiger partial charge < -0.3 is 25.1 Å². The molecule has 3 N–H and O–H groups in total. The average molecular weight is 255 g/mol. The number of hydrogen-bond donors (Lipinski definition) is 2. The number of rotatable bonds is 5. The Morgan fingerprint density at radius 2 is 1.50 bits per heavy atom. The number of hydrogen-bond acceptors (Lipinski definition) is 5. The van der Waals surface area contributed by atoms with Crippen molar-refractivity contribution in [2.45, 2.75) is 25.5 Å². The van der Waals surface area contributed by atoms with Crippen LogP contribution < -0.4 is 19.9 Å². The van der Waals surface area contributed by atoms with Gasteiger partial charge in [-0.1, -0.05) is 0 Å². The first-order valence-electron chi connectivity index (χ1n) is 5.62. The SMILES string of the molecule is COc1cc(OC)c(C(O)C(C)(C)N)c(OC)c1. The predicted molar refractivity (Wildman–Crippen MR) is 69.3 cm³/mol. The summed E-state index contributed by atoms with van der Waals surface area (Å²) < 4.78 is 15.7. The Labute approximate surface area is 107 Å². The molecule has 1 atom stereocenters. The van der Waals surface area contributed by atoms with E-state index in [1.807, 2.05) is 0 Å². The monoisotopic (exact) mass is 255 g/mol. The van der Waals surface area contributed by atoms with Gasteiger partial charge in [-0.3, -0.25) is 0 Å². The highest BCUT2D eigenvalue weighted by Crippen LogP contribution is 2.41. The van der Waals surface area contributed by atoms with Crippen molar-refractivity contribution in [3.05, 3.63) is 17.7 Å². The molecule has 5 heteroatoms. The van der Waals surface area contributed by atoms with E-state index in [-0.39, 0.29) is 0 Å². The first kappa shape index (κ1) is 14.6. The summed E-state index contributed by atoms with van der Waals surface area (Å²) in [6, 6.07) is 3.37. The van der Waals surface area contributed by atoms with Gasteiger partial charge in [0, 0.05) is 17.7 Å². The molecule has 0 amide bonds. The zero-order valence-electron chi connectivity index (χ0n) is 11.5. The molecule has 0 saturated carbocycles. The average Bonchev–Trinajstić information content (AvgIpc) is 2.34. The van der Waals surface area contributed by atoms with E-state index in [0.717, 1.165) is 0 Å². The number of methoxy groups -OCH3 is 3. The van der Waals surface area contributed by atoms with E-state index in [4.69, 9.17) is 19.9 Å². The van der Waals surface area contributed by atoms with Crippen LogP contribution in [-0.4, -0.2) is 32.0 Å². The number of benzene rings is 1. The number of nitrogens with two attached hydrogens (primary N) is 1. The van der Waals surface area contributed by atoms with Gasteiger partial charge in [0.25, 0.3) is 0 Å². The van der Waals surface area contributed by atoms with E-state index in [1.165, 1.54) is 14.2 Å². The minimum absolute atomic E-state index is 0.484. The van der Waals surface area contributed by atoms with Crippen LogP contribution >= 0.6 is 0 Å². The lowest BCUT2D eigenvalue weighted by Crippen LogP contribution is -2.39. The summed E-state index contributed by atoms with van der Waals surface area (Å²) in [5.41, 5.74) is 5.65. The maximum absolute atomic E-state index is 10.3. The molecule has 18 heavy (non-hydrogen) atoms. The molecule has 102 valence electrons. The zero-order valence-corrected chi connectivity index (χ0v) is 11.5. The number of aliphatic hydroxyl groups is 1. The van der Waals surface area contributed by atoms with E-state index in [9.17, 15) is 5.11 Å². The van der Waals surface area contributed by atoms with Gasteiger partial charge in [-0.05, 0) is 13.8 Å². The Kier molecular flexibility index (Phi) is 4.43. The first-order chi connectivity index (χ1) is 8.35. The molecule has 0 radical (unpaired) electrons. The van der Waals surface area contributed by atoms with Crippen molar-refractivity contribution >= 4 is 0 Å². The van der Waals surface area contributed by atoms with Crippen molar-refractivity contribution in [1.29, 1.82) is 0 Å². The molecule has 0 aliphatic carbocycles. The molecule has 0 spiro atoms. The lowest BCUT2D eigenvalue weighted by molar-refractivity contribution is 0.0985. The standard InChI is InChI=1S/C13H21NO4/c1-13(2,14)12(15)11-9(17-4)6-8(16-3)7-10(11)18-5/h6-7,12,15H,14H2,1-5H3. The second kappa shape index (κ2) is 5.46. The van der Waals surface area contributed by atoms with Crippen LogP contribution in [0.5, 0.6) is 17.2 Å². The summed E-state index contributed by atoms with van der Waals surface area (Å²) in [6.45, 7) is 3.47. The third-order valence-electron chi connectivity index (χ3n) is 2.73. The summed E-state index contributed by atoms with van der Waals surface area (Å²) in [5.74, 6) is 1.56. The summed E-state index contributed by atoms with van der Waals surface area (Å²) in [7, 11) is 4.60. The Morgan fingerprint density at radius 1 is 1.06 bits per heavy atom. The Morgan fingerprint density at radius 3 is 1.78 bits per heavy atom. The molecular formula is C13H21NO4. The van der Waals surface area contributed by atoms with Crippen LogP contribution in [0.25, 0.3) is 0 Å². The third kappa shape index (κ3) is 2.86. The van der Waals surface area contributed by atoms with Gasteiger partial charge in [0.1, 0.15) is 23.4 Å². The van der Waals surface area contributed by atoms with Gasteiger partial charge in [0.2, 0.25) is 0 Å². The maximum atomic E-state index is 10.3. The molecule has 0 fully saturated rings. The van der Waals surface area contributed by atoms with E-state index in [1.54, 1.807) is 33.1 Å². The third-order valence-corrected chi connectivity index (χ3v) is 2.73. The van der Waals surface area contributed by atoms with Crippen molar-refractivity contribution in [1.82, 2.24) is 0 Å². The maximum Gasteiger partial charge on any atom is 0.132 e. The van der Waals surface area contributed by atoms with E-state index < -0.39 is 11.6 Å². The van der Waals surface area contributed by atoms with E-state index in [2.05, 4.69) is 0 Å². The number of aliphatic hydroxyl groups excluding tert-OH is 1. The van der Waals surface area contributed by atoms with Gasteiger partial charge in [0.05, 0.1) is 26.9 Å². The van der Waals surface area contributed by atoms with Crippen LogP contribution in [0.1, 0.15) is 25.5 Å². The highest BCUT2D eigenvalue weighted by molar-refractivity contribution is 5.52.